The minimum absolute atomic E-state index is 0.0312. The van der Waals surface area contributed by atoms with Crippen LogP contribution >= 0.6 is 22.9 Å². The van der Waals surface area contributed by atoms with Crippen molar-refractivity contribution in [3.8, 4) is 0 Å². The minimum Gasteiger partial charge on any atom is -0.354 e. The first kappa shape index (κ1) is 22.9. The van der Waals surface area contributed by atoms with Gasteiger partial charge in [-0.25, -0.2) is 15.0 Å². The van der Waals surface area contributed by atoms with Gasteiger partial charge < -0.3 is 20.9 Å². The van der Waals surface area contributed by atoms with Crippen LogP contribution in [0.4, 0.5) is 22.5 Å². The third-order valence-electron chi connectivity index (χ3n) is 5.08. The second kappa shape index (κ2) is 9.72. The molecule has 1 aromatic carbocycles. The first-order valence-corrected chi connectivity index (χ1v) is 11.6. The number of nitrogens with one attached hydrogen (secondary N) is 3. The molecule has 1 aliphatic heterocycles. The first-order valence-electron chi connectivity index (χ1n) is 10.4. The number of thiazole rings is 1. The second-order valence-corrected chi connectivity index (χ2v) is 9.32. The molecule has 0 aliphatic carbocycles. The van der Waals surface area contributed by atoms with E-state index in [4.69, 9.17) is 11.6 Å². The van der Waals surface area contributed by atoms with E-state index in [9.17, 15) is 9.59 Å². The zero-order chi connectivity index (χ0) is 23.5. The Morgan fingerprint density at radius 2 is 2.03 bits per heavy atom. The molecule has 3 N–H and O–H groups in total. The molecule has 1 atom stereocenters. The van der Waals surface area contributed by atoms with Gasteiger partial charge in [0, 0.05) is 32.1 Å². The number of carbonyl (C=O) groups excluding carboxylic acids is 2. The van der Waals surface area contributed by atoms with Crippen molar-refractivity contribution in [2.24, 2.45) is 0 Å². The van der Waals surface area contributed by atoms with Crippen LogP contribution in [0.15, 0.2) is 30.5 Å². The molecule has 0 spiro atoms. The van der Waals surface area contributed by atoms with Gasteiger partial charge in [-0.1, -0.05) is 29.0 Å². The van der Waals surface area contributed by atoms with Crippen LogP contribution in [0.25, 0.3) is 0 Å². The van der Waals surface area contributed by atoms with Crippen LogP contribution < -0.4 is 20.9 Å². The van der Waals surface area contributed by atoms with Gasteiger partial charge in [0.2, 0.25) is 5.91 Å². The summed E-state index contributed by atoms with van der Waals surface area (Å²) in [7, 11) is 0. The van der Waals surface area contributed by atoms with Crippen molar-refractivity contribution < 1.29 is 9.59 Å². The number of carbonyl (C=O) groups is 2. The molecule has 1 unspecified atom stereocenters. The summed E-state index contributed by atoms with van der Waals surface area (Å²) in [5, 5.41) is 9.96. The van der Waals surface area contributed by atoms with Gasteiger partial charge in [-0.2, -0.15) is 0 Å². The van der Waals surface area contributed by atoms with E-state index in [1.54, 1.807) is 6.07 Å². The number of halogens is 1. The van der Waals surface area contributed by atoms with Gasteiger partial charge in [-0.3, -0.25) is 9.59 Å². The maximum absolute atomic E-state index is 12.6. The van der Waals surface area contributed by atoms with Crippen molar-refractivity contribution in [3.63, 3.8) is 0 Å². The normalized spacial score (nSPS) is 15.4. The van der Waals surface area contributed by atoms with E-state index in [0.717, 1.165) is 24.3 Å². The zero-order valence-electron chi connectivity index (χ0n) is 18.5. The summed E-state index contributed by atoms with van der Waals surface area (Å²) in [5.74, 6) is 1.66. The minimum atomic E-state index is -0.284. The van der Waals surface area contributed by atoms with Gasteiger partial charge in [0.05, 0.1) is 16.9 Å². The van der Waals surface area contributed by atoms with Crippen molar-refractivity contribution >= 4 is 57.2 Å². The van der Waals surface area contributed by atoms with Gasteiger partial charge >= 0.3 is 0 Å². The average molecular weight is 486 g/mol. The smallest absolute Gasteiger partial charge is 0.267 e. The Morgan fingerprint density at radius 3 is 2.82 bits per heavy atom. The maximum Gasteiger partial charge on any atom is 0.267 e. The monoisotopic (exact) mass is 485 g/mol. The van der Waals surface area contributed by atoms with Gasteiger partial charge in [0.15, 0.2) is 5.13 Å². The molecule has 1 saturated heterocycles. The molecular weight excluding hydrogens is 462 g/mol. The quantitative estimate of drug-likeness (QED) is 0.485. The van der Waals surface area contributed by atoms with Crippen LogP contribution in [0.2, 0.25) is 5.02 Å². The largest absolute Gasteiger partial charge is 0.354 e. The van der Waals surface area contributed by atoms with Crippen molar-refractivity contribution in [1.29, 1.82) is 0 Å². The van der Waals surface area contributed by atoms with Crippen LogP contribution in [0, 0.1) is 13.8 Å². The molecule has 33 heavy (non-hydrogen) atoms. The van der Waals surface area contributed by atoms with Crippen molar-refractivity contribution in [2.45, 2.75) is 33.2 Å². The lowest BCUT2D eigenvalue weighted by Gasteiger charge is -2.19. The van der Waals surface area contributed by atoms with Crippen molar-refractivity contribution in [1.82, 2.24) is 20.3 Å². The lowest BCUT2D eigenvalue weighted by molar-refractivity contribution is -0.119. The number of hydrogen-bond acceptors (Lipinski definition) is 8. The fourth-order valence-corrected chi connectivity index (χ4v) is 4.50. The number of aromatic nitrogens is 3. The predicted octanol–water partition coefficient (Wildman–Crippen LogP) is 3.91. The molecule has 4 rings (SSSR count). The third-order valence-corrected chi connectivity index (χ3v) is 6.32. The molecule has 9 nitrogen and oxygen atoms in total. The van der Waals surface area contributed by atoms with Gasteiger partial charge in [0.25, 0.3) is 5.91 Å². The number of rotatable bonds is 6. The number of benzene rings is 1. The Bertz CT molecular complexity index is 1200. The number of hydrogen-bond donors (Lipinski definition) is 3. The van der Waals surface area contributed by atoms with E-state index in [2.05, 4.69) is 35.8 Å². The van der Waals surface area contributed by atoms with Crippen LogP contribution in [0.5, 0.6) is 0 Å². The highest BCUT2D eigenvalue weighted by molar-refractivity contribution is 7.17. The maximum atomic E-state index is 12.6. The fourth-order valence-electron chi connectivity index (χ4n) is 3.62. The van der Waals surface area contributed by atoms with Crippen LogP contribution in [0.1, 0.15) is 34.4 Å². The summed E-state index contributed by atoms with van der Waals surface area (Å²) >= 11 is 7.40. The Kier molecular flexibility index (Phi) is 6.75. The van der Waals surface area contributed by atoms with E-state index >= 15 is 0 Å². The van der Waals surface area contributed by atoms with Crippen LogP contribution in [-0.4, -0.2) is 45.9 Å². The Hall–Kier alpha value is -3.24. The summed E-state index contributed by atoms with van der Waals surface area (Å²) in [6, 6.07) is 7.40. The van der Waals surface area contributed by atoms with Crippen molar-refractivity contribution in [3.05, 3.63) is 51.7 Å². The molecule has 2 aromatic heterocycles. The zero-order valence-corrected chi connectivity index (χ0v) is 20.0. The van der Waals surface area contributed by atoms with Crippen LogP contribution in [-0.2, 0) is 4.79 Å². The highest BCUT2D eigenvalue weighted by Gasteiger charge is 2.24. The Morgan fingerprint density at radius 1 is 1.21 bits per heavy atom. The van der Waals surface area contributed by atoms with Gasteiger partial charge in [-0.15, -0.1) is 0 Å². The van der Waals surface area contributed by atoms with E-state index in [1.165, 1.54) is 24.5 Å². The number of aryl methyl sites for hydroxylation is 2. The molecule has 2 amide bonds. The second-order valence-electron chi connectivity index (χ2n) is 7.88. The summed E-state index contributed by atoms with van der Waals surface area (Å²) < 4.78 is 0. The fraction of sp³-hybridized carbons (Fsp3) is 0.318. The standard InChI is InChI=1S/C22H24ClN7O2S/c1-12-4-5-16(23)17(8-12)28-21(32)18-10-24-22(33-18)29-19-9-20(26-13(2)25-19)30-7-6-15(11-30)27-14(3)31/h4-5,8-10,15H,6-7,11H2,1-3H3,(H,27,31)(H,28,32)(H,24,25,26,29). The first-order chi connectivity index (χ1) is 15.8. The van der Waals surface area contributed by atoms with E-state index in [1.807, 2.05) is 32.0 Å². The van der Waals surface area contributed by atoms with E-state index in [0.29, 0.717) is 38.9 Å². The van der Waals surface area contributed by atoms with E-state index in [-0.39, 0.29) is 17.9 Å². The average Bonchev–Trinajstić information content (AvgIpc) is 3.40. The summed E-state index contributed by atoms with van der Waals surface area (Å²) in [4.78, 5) is 39.8. The van der Waals surface area contributed by atoms with Gasteiger partial charge in [0.1, 0.15) is 22.3 Å². The number of amides is 2. The highest BCUT2D eigenvalue weighted by atomic mass is 35.5. The van der Waals surface area contributed by atoms with Crippen molar-refractivity contribution in [2.75, 3.05) is 28.6 Å². The molecular formula is C22H24ClN7O2S. The lowest BCUT2D eigenvalue weighted by Crippen LogP contribution is -2.35. The molecule has 3 aromatic rings. The molecule has 11 heteroatoms. The Labute approximate surface area is 200 Å². The highest BCUT2D eigenvalue weighted by Crippen LogP contribution is 2.27. The molecule has 1 fully saturated rings. The molecule has 172 valence electrons. The molecule has 0 radical (unpaired) electrons. The number of anilines is 4. The number of nitrogens with zero attached hydrogens (tertiary/aromatic N) is 4. The topological polar surface area (TPSA) is 112 Å². The van der Waals surface area contributed by atoms with Crippen LogP contribution in [0.3, 0.4) is 0 Å². The SMILES string of the molecule is CC(=O)NC1CCN(c2cc(Nc3ncc(C(=O)Nc4cc(C)ccc4Cl)s3)nc(C)n2)C1. The summed E-state index contributed by atoms with van der Waals surface area (Å²) in [5.41, 5.74) is 1.56. The third kappa shape index (κ3) is 5.77. The lowest BCUT2D eigenvalue weighted by atomic mass is 10.2. The summed E-state index contributed by atoms with van der Waals surface area (Å²) in [6.45, 7) is 6.77. The molecule has 0 bridgehead atoms. The van der Waals surface area contributed by atoms with Gasteiger partial charge in [-0.05, 0) is 38.0 Å². The Balaban J connectivity index is 1.44. The molecule has 0 saturated carbocycles. The molecule has 1 aliphatic rings. The summed E-state index contributed by atoms with van der Waals surface area (Å²) in [6.07, 6.45) is 2.38. The van der Waals surface area contributed by atoms with E-state index < -0.39 is 0 Å². The predicted molar refractivity (Wildman–Crippen MR) is 131 cm³/mol. The molecule has 3 heterocycles.